The molecule has 2 N–H and O–H groups in total. The third kappa shape index (κ3) is 5.43. The van der Waals surface area contributed by atoms with Crippen LogP contribution >= 0.6 is 0 Å². The van der Waals surface area contributed by atoms with E-state index < -0.39 is 0 Å². The molecule has 4 aromatic rings. The van der Waals surface area contributed by atoms with Gasteiger partial charge in [0.25, 0.3) is 0 Å². The summed E-state index contributed by atoms with van der Waals surface area (Å²) in [6.45, 7) is 2.12. The summed E-state index contributed by atoms with van der Waals surface area (Å²) >= 11 is 0. The summed E-state index contributed by atoms with van der Waals surface area (Å²) in [6.07, 6.45) is 2.23. The summed E-state index contributed by atoms with van der Waals surface area (Å²) in [6, 6.07) is 15.8. The van der Waals surface area contributed by atoms with Crippen molar-refractivity contribution in [2.45, 2.75) is 31.7 Å². The maximum Gasteiger partial charge on any atom is 0.203 e. The Labute approximate surface area is 228 Å². The van der Waals surface area contributed by atoms with E-state index in [4.69, 9.17) is 33.7 Å². The summed E-state index contributed by atoms with van der Waals surface area (Å²) in [7, 11) is 8.06. The van der Waals surface area contributed by atoms with E-state index in [-0.39, 0.29) is 6.04 Å². The fourth-order valence-corrected chi connectivity index (χ4v) is 4.60. The maximum absolute atomic E-state index is 5.56. The monoisotopic (exact) mass is 530 g/mol. The smallest absolute Gasteiger partial charge is 0.203 e. The number of aromatic nitrogens is 2. The van der Waals surface area contributed by atoms with Gasteiger partial charge in [-0.15, -0.1) is 0 Å². The molecule has 1 fully saturated rings. The number of nitrogens with zero attached hydrogens (tertiary/aromatic N) is 2. The second-order valence-electron chi connectivity index (χ2n) is 9.46. The van der Waals surface area contributed by atoms with Crippen LogP contribution in [0.4, 0.5) is 17.2 Å². The summed E-state index contributed by atoms with van der Waals surface area (Å²) in [5.41, 5.74) is 3.66. The van der Waals surface area contributed by atoms with E-state index >= 15 is 0 Å². The van der Waals surface area contributed by atoms with Gasteiger partial charge in [-0.05, 0) is 43.5 Å². The van der Waals surface area contributed by atoms with Crippen LogP contribution in [-0.4, -0.2) is 45.5 Å². The summed E-state index contributed by atoms with van der Waals surface area (Å²) in [5, 5.41) is 7.96. The number of rotatable bonds is 11. The molecule has 1 unspecified atom stereocenters. The molecule has 1 aliphatic carbocycles. The number of methoxy groups -OCH3 is 5. The number of hydrogen-bond donors (Lipinski definition) is 2. The van der Waals surface area contributed by atoms with E-state index in [1.807, 2.05) is 36.4 Å². The molecular formula is C30H34N4O5. The highest BCUT2D eigenvalue weighted by Gasteiger charge is 2.28. The Morgan fingerprint density at radius 1 is 0.744 bits per heavy atom. The van der Waals surface area contributed by atoms with Gasteiger partial charge in [-0.2, -0.15) is 0 Å². The Hall–Kier alpha value is -4.40. The minimum absolute atomic E-state index is 0.0371. The average molecular weight is 531 g/mol. The molecule has 0 radical (unpaired) electrons. The third-order valence-corrected chi connectivity index (χ3v) is 6.85. The summed E-state index contributed by atoms with van der Waals surface area (Å²) in [5.74, 6) is 5.05. The van der Waals surface area contributed by atoms with Crippen LogP contribution in [0, 0.1) is 0 Å². The van der Waals surface area contributed by atoms with Crippen molar-refractivity contribution in [1.29, 1.82) is 0 Å². The largest absolute Gasteiger partial charge is 0.493 e. The van der Waals surface area contributed by atoms with Gasteiger partial charge >= 0.3 is 0 Å². The van der Waals surface area contributed by atoms with E-state index in [1.54, 1.807) is 35.5 Å². The molecule has 3 aromatic carbocycles. The van der Waals surface area contributed by atoms with E-state index in [2.05, 4.69) is 29.7 Å². The third-order valence-electron chi connectivity index (χ3n) is 6.85. The Bertz CT molecular complexity index is 1460. The number of hydrogen-bond acceptors (Lipinski definition) is 9. The normalized spacial score (nSPS) is 13.5. The van der Waals surface area contributed by atoms with Crippen molar-refractivity contribution in [1.82, 2.24) is 9.97 Å². The highest BCUT2D eigenvalue weighted by molar-refractivity contribution is 5.92. The van der Waals surface area contributed by atoms with Gasteiger partial charge in [0.1, 0.15) is 11.6 Å². The Balaban J connectivity index is 1.44. The molecule has 1 saturated carbocycles. The molecule has 0 spiro atoms. The maximum atomic E-state index is 5.56. The first-order chi connectivity index (χ1) is 19.0. The van der Waals surface area contributed by atoms with Crippen molar-refractivity contribution < 1.29 is 23.7 Å². The lowest BCUT2D eigenvalue weighted by Gasteiger charge is -2.19. The predicted molar refractivity (Wildman–Crippen MR) is 152 cm³/mol. The molecule has 0 amide bonds. The molecule has 1 heterocycles. The van der Waals surface area contributed by atoms with Gasteiger partial charge in [0.15, 0.2) is 23.0 Å². The van der Waals surface area contributed by atoms with E-state index in [1.165, 1.54) is 0 Å². The molecule has 0 saturated heterocycles. The fourth-order valence-electron chi connectivity index (χ4n) is 4.60. The van der Waals surface area contributed by atoms with Gasteiger partial charge in [0.2, 0.25) is 5.75 Å². The number of anilines is 3. The fraction of sp³-hybridized carbons (Fsp3) is 0.333. The van der Waals surface area contributed by atoms with E-state index in [0.717, 1.165) is 52.3 Å². The van der Waals surface area contributed by atoms with Gasteiger partial charge in [-0.25, -0.2) is 9.97 Å². The Morgan fingerprint density at radius 2 is 1.41 bits per heavy atom. The number of nitrogens with one attached hydrogen (secondary N) is 2. The molecule has 9 nitrogen and oxygen atoms in total. The SMILES string of the molecule is COc1cc2nc(C3CC3)nc(NC(C)c3cccc(Nc4cc(OC)c(OC)c(OC)c4)c3)c2cc1OC. The van der Waals surface area contributed by atoms with Crippen LogP contribution in [0.3, 0.4) is 0 Å². The molecule has 0 bridgehead atoms. The quantitative estimate of drug-likeness (QED) is 0.226. The van der Waals surface area contributed by atoms with E-state index in [0.29, 0.717) is 34.7 Å². The van der Waals surface area contributed by atoms with Gasteiger partial charge in [0.05, 0.1) is 47.1 Å². The Kier molecular flexibility index (Phi) is 7.49. The van der Waals surface area contributed by atoms with Gasteiger partial charge in [-0.3, -0.25) is 0 Å². The number of benzene rings is 3. The zero-order valence-electron chi connectivity index (χ0n) is 23.1. The Morgan fingerprint density at radius 3 is 2.03 bits per heavy atom. The minimum atomic E-state index is -0.0371. The molecular weight excluding hydrogens is 496 g/mol. The van der Waals surface area contributed by atoms with Crippen molar-refractivity contribution in [2.75, 3.05) is 46.2 Å². The highest BCUT2D eigenvalue weighted by Crippen LogP contribution is 2.42. The van der Waals surface area contributed by atoms with Crippen LogP contribution in [0.2, 0.25) is 0 Å². The average Bonchev–Trinajstić information content (AvgIpc) is 3.81. The van der Waals surface area contributed by atoms with Gasteiger partial charge < -0.3 is 34.3 Å². The molecule has 39 heavy (non-hydrogen) atoms. The van der Waals surface area contributed by atoms with Gasteiger partial charge in [-0.1, -0.05) is 12.1 Å². The van der Waals surface area contributed by atoms with Crippen molar-refractivity contribution >= 4 is 28.1 Å². The molecule has 0 aliphatic heterocycles. The van der Waals surface area contributed by atoms with Crippen LogP contribution in [0.1, 0.15) is 43.1 Å². The van der Waals surface area contributed by atoms with Crippen molar-refractivity contribution in [3.8, 4) is 28.7 Å². The molecule has 204 valence electrons. The van der Waals surface area contributed by atoms with Crippen molar-refractivity contribution in [3.63, 3.8) is 0 Å². The number of fused-ring (bicyclic) bond motifs is 1. The summed E-state index contributed by atoms with van der Waals surface area (Å²) < 4.78 is 27.5. The standard InChI is InChI=1S/C30H34N4O5/c1-17(19-8-7-9-20(12-19)32-21-13-26(37-4)28(39-6)27(14-21)38-5)31-30-22-15-24(35-2)25(36-3)16-23(22)33-29(34-30)18-10-11-18/h7-9,12-18,32H,10-11H2,1-6H3,(H,31,33,34). The lowest BCUT2D eigenvalue weighted by molar-refractivity contribution is 0.324. The highest BCUT2D eigenvalue weighted by atomic mass is 16.5. The zero-order chi connectivity index (χ0) is 27.5. The van der Waals surface area contributed by atoms with Gasteiger partial charge in [0, 0.05) is 40.9 Å². The summed E-state index contributed by atoms with van der Waals surface area (Å²) in [4.78, 5) is 9.77. The predicted octanol–water partition coefficient (Wildman–Crippen LogP) is 6.47. The molecule has 1 aromatic heterocycles. The first-order valence-electron chi connectivity index (χ1n) is 12.8. The minimum Gasteiger partial charge on any atom is -0.493 e. The molecule has 5 rings (SSSR count). The molecule has 1 atom stereocenters. The molecule has 9 heteroatoms. The van der Waals surface area contributed by atoms with Crippen LogP contribution in [-0.2, 0) is 0 Å². The van der Waals surface area contributed by atoms with Crippen LogP contribution < -0.4 is 34.3 Å². The van der Waals surface area contributed by atoms with E-state index in [9.17, 15) is 0 Å². The lowest BCUT2D eigenvalue weighted by Crippen LogP contribution is -2.10. The zero-order valence-corrected chi connectivity index (χ0v) is 23.1. The topological polar surface area (TPSA) is 96.0 Å². The molecule has 1 aliphatic rings. The lowest BCUT2D eigenvalue weighted by atomic mass is 10.1. The van der Waals surface area contributed by atoms with Crippen LogP contribution in [0.5, 0.6) is 28.7 Å². The first-order valence-corrected chi connectivity index (χ1v) is 12.8. The second-order valence-corrected chi connectivity index (χ2v) is 9.46. The van der Waals surface area contributed by atoms with Crippen LogP contribution in [0.15, 0.2) is 48.5 Å². The van der Waals surface area contributed by atoms with Crippen molar-refractivity contribution in [2.24, 2.45) is 0 Å². The van der Waals surface area contributed by atoms with Crippen molar-refractivity contribution in [3.05, 3.63) is 59.9 Å². The first kappa shape index (κ1) is 26.2. The second kappa shape index (κ2) is 11.1. The van der Waals surface area contributed by atoms with Crippen LogP contribution in [0.25, 0.3) is 10.9 Å². The number of ether oxygens (including phenoxy) is 5.